The number of rotatable bonds is 3. The lowest BCUT2D eigenvalue weighted by atomic mass is 9.87. The summed E-state index contributed by atoms with van der Waals surface area (Å²) in [6.45, 7) is 2.61. The van der Waals surface area contributed by atoms with Crippen LogP contribution in [0.4, 0.5) is 5.69 Å². The van der Waals surface area contributed by atoms with Crippen LogP contribution in [-0.2, 0) is 4.74 Å². The molecule has 1 aromatic carbocycles. The molecule has 1 N–H and O–H groups in total. The van der Waals surface area contributed by atoms with Gasteiger partial charge in [0.15, 0.2) is 0 Å². The summed E-state index contributed by atoms with van der Waals surface area (Å²) in [6.07, 6.45) is 2.97. The van der Waals surface area contributed by atoms with E-state index in [4.69, 9.17) is 4.74 Å². The van der Waals surface area contributed by atoms with Crippen LogP contribution in [0.15, 0.2) is 47.2 Å². The highest BCUT2D eigenvalue weighted by Crippen LogP contribution is 2.38. The first-order valence-corrected chi connectivity index (χ1v) is 9.47. The fourth-order valence-corrected chi connectivity index (χ4v) is 4.45. The zero-order valence-corrected chi connectivity index (χ0v) is 14.4. The van der Waals surface area contributed by atoms with Crippen molar-refractivity contribution >= 4 is 22.9 Å². The Hall–Kier alpha value is -1.69. The quantitative estimate of drug-likeness (QED) is 0.930. The standard InChI is InChI=1S/C19H22N2O2S/c22-18(15-6-11-24-14-15)21(16-4-2-1-3-5-16)17-12-19(23-13-17)7-9-20-10-8-19/h1-6,11,14,17,20H,7-10,12-13H2. The van der Waals surface area contributed by atoms with Gasteiger partial charge in [-0.2, -0.15) is 11.3 Å². The second-order valence-corrected chi connectivity index (χ2v) is 7.40. The Morgan fingerprint density at radius 2 is 2.00 bits per heavy atom. The minimum absolute atomic E-state index is 0.0577. The highest BCUT2D eigenvalue weighted by molar-refractivity contribution is 7.08. The van der Waals surface area contributed by atoms with Crippen LogP contribution in [0.25, 0.3) is 0 Å². The van der Waals surface area contributed by atoms with Gasteiger partial charge in [-0.25, -0.2) is 0 Å². The Bertz CT molecular complexity index is 681. The van der Waals surface area contributed by atoms with E-state index in [2.05, 4.69) is 5.32 Å². The number of nitrogens with one attached hydrogen (secondary N) is 1. The van der Waals surface area contributed by atoms with E-state index in [0.29, 0.717) is 6.61 Å². The number of hydrogen-bond acceptors (Lipinski definition) is 4. The summed E-state index contributed by atoms with van der Waals surface area (Å²) in [6, 6.07) is 12.0. The SMILES string of the molecule is O=C(c1ccsc1)N(c1ccccc1)C1COC2(CCNCC2)C1. The monoisotopic (exact) mass is 342 g/mol. The lowest BCUT2D eigenvalue weighted by Crippen LogP contribution is -2.44. The molecule has 1 spiro atoms. The molecule has 2 saturated heterocycles. The van der Waals surface area contributed by atoms with Crippen LogP contribution in [0, 0.1) is 0 Å². The molecule has 2 aliphatic rings. The molecule has 126 valence electrons. The van der Waals surface area contributed by atoms with E-state index in [1.54, 1.807) is 11.3 Å². The topological polar surface area (TPSA) is 41.6 Å². The molecule has 0 aliphatic carbocycles. The molecule has 4 rings (SSSR count). The average molecular weight is 342 g/mol. The molecule has 0 radical (unpaired) electrons. The van der Waals surface area contributed by atoms with Crippen molar-refractivity contribution in [3.8, 4) is 0 Å². The maximum atomic E-state index is 13.1. The Morgan fingerprint density at radius 1 is 1.21 bits per heavy atom. The predicted octanol–water partition coefficient (Wildman–Crippen LogP) is 3.31. The van der Waals surface area contributed by atoms with Crippen molar-refractivity contribution in [2.45, 2.75) is 30.9 Å². The van der Waals surface area contributed by atoms with E-state index >= 15 is 0 Å². The number of benzene rings is 1. The molecule has 0 bridgehead atoms. The summed E-state index contributed by atoms with van der Waals surface area (Å²) in [7, 11) is 0. The Kier molecular flexibility index (Phi) is 4.39. The molecule has 5 heteroatoms. The third-order valence-electron chi connectivity index (χ3n) is 5.09. The first kappa shape index (κ1) is 15.8. The molecule has 1 aromatic heterocycles. The van der Waals surface area contributed by atoms with Crippen molar-refractivity contribution in [2.75, 3.05) is 24.6 Å². The van der Waals surface area contributed by atoms with Gasteiger partial charge in [0.1, 0.15) is 0 Å². The van der Waals surface area contributed by atoms with Crippen LogP contribution in [0.2, 0.25) is 0 Å². The van der Waals surface area contributed by atoms with Gasteiger partial charge in [-0.05, 0) is 55.9 Å². The molecule has 2 aliphatic heterocycles. The van der Waals surface area contributed by atoms with Crippen molar-refractivity contribution in [3.63, 3.8) is 0 Å². The zero-order chi connectivity index (χ0) is 16.4. The van der Waals surface area contributed by atoms with Crippen LogP contribution in [0.1, 0.15) is 29.6 Å². The fourth-order valence-electron chi connectivity index (χ4n) is 3.82. The van der Waals surface area contributed by atoms with Gasteiger partial charge in [0.2, 0.25) is 0 Å². The third kappa shape index (κ3) is 2.99. The van der Waals surface area contributed by atoms with Crippen molar-refractivity contribution in [3.05, 3.63) is 52.7 Å². The lowest BCUT2D eigenvalue weighted by Gasteiger charge is -2.34. The number of carbonyl (C=O) groups is 1. The van der Waals surface area contributed by atoms with E-state index < -0.39 is 0 Å². The number of anilines is 1. The molecule has 4 nitrogen and oxygen atoms in total. The summed E-state index contributed by atoms with van der Waals surface area (Å²) >= 11 is 1.56. The van der Waals surface area contributed by atoms with E-state index in [-0.39, 0.29) is 17.6 Å². The maximum Gasteiger partial charge on any atom is 0.259 e. The van der Waals surface area contributed by atoms with Crippen LogP contribution in [0.3, 0.4) is 0 Å². The largest absolute Gasteiger partial charge is 0.373 e. The van der Waals surface area contributed by atoms with Gasteiger partial charge in [0.25, 0.3) is 5.91 Å². The summed E-state index contributed by atoms with van der Waals surface area (Å²) in [4.78, 5) is 15.1. The smallest absolute Gasteiger partial charge is 0.259 e. The van der Waals surface area contributed by atoms with Gasteiger partial charge < -0.3 is 15.0 Å². The molecule has 1 unspecified atom stereocenters. The summed E-state index contributed by atoms with van der Waals surface area (Å²) in [5.41, 5.74) is 1.65. The van der Waals surface area contributed by atoms with Crippen LogP contribution in [-0.4, -0.2) is 37.2 Å². The molecular formula is C19H22N2O2S. The number of hydrogen-bond donors (Lipinski definition) is 1. The molecule has 3 heterocycles. The summed E-state index contributed by atoms with van der Waals surface area (Å²) < 4.78 is 6.23. The lowest BCUT2D eigenvalue weighted by molar-refractivity contribution is -0.0193. The average Bonchev–Trinajstić information content (AvgIpc) is 3.28. The Balaban J connectivity index is 1.62. The number of para-hydroxylation sites is 1. The van der Waals surface area contributed by atoms with Gasteiger partial charge in [-0.1, -0.05) is 18.2 Å². The Morgan fingerprint density at radius 3 is 2.71 bits per heavy atom. The number of amides is 1. The van der Waals surface area contributed by atoms with Crippen molar-refractivity contribution in [2.24, 2.45) is 0 Å². The number of carbonyl (C=O) groups excluding carboxylic acids is 1. The first-order chi connectivity index (χ1) is 11.8. The van der Waals surface area contributed by atoms with E-state index in [1.165, 1.54) is 0 Å². The molecule has 1 atom stereocenters. The number of piperidine rings is 1. The van der Waals surface area contributed by atoms with Gasteiger partial charge in [0.05, 0.1) is 23.8 Å². The highest BCUT2D eigenvalue weighted by atomic mass is 32.1. The number of thiophene rings is 1. The van der Waals surface area contributed by atoms with Crippen LogP contribution < -0.4 is 10.2 Å². The van der Waals surface area contributed by atoms with Crippen LogP contribution >= 0.6 is 11.3 Å². The predicted molar refractivity (Wildman–Crippen MR) is 96.8 cm³/mol. The van der Waals surface area contributed by atoms with E-state index in [0.717, 1.165) is 43.6 Å². The highest BCUT2D eigenvalue weighted by Gasteiger charge is 2.44. The summed E-state index contributed by atoms with van der Waals surface area (Å²) in [5.74, 6) is 0.0713. The second kappa shape index (κ2) is 6.67. The molecule has 0 saturated carbocycles. The fraction of sp³-hybridized carbons (Fsp3) is 0.421. The molecule has 1 amide bonds. The minimum Gasteiger partial charge on any atom is -0.373 e. The van der Waals surface area contributed by atoms with E-state index in [9.17, 15) is 4.79 Å². The van der Waals surface area contributed by atoms with Gasteiger partial charge in [-0.3, -0.25) is 4.79 Å². The van der Waals surface area contributed by atoms with Crippen LogP contribution in [0.5, 0.6) is 0 Å². The van der Waals surface area contributed by atoms with Gasteiger partial charge in [0, 0.05) is 11.1 Å². The zero-order valence-electron chi connectivity index (χ0n) is 13.6. The van der Waals surface area contributed by atoms with Crippen molar-refractivity contribution in [1.82, 2.24) is 5.32 Å². The van der Waals surface area contributed by atoms with E-state index in [1.807, 2.05) is 52.1 Å². The maximum absolute atomic E-state index is 13.1. The second-order valence-electron chi connectivity index (χ2n) is 6.62. The normalized spacial score (nSPS) is 22.6. The summed E-state index contributed by atoms with van der Waals surface area (Å²) in [5, 5.41) is 7.28. The van der Waals surface area contributed by atoms with Gasteiger partial charge >= 0.3 is 0 Å². The minimum atomic E-state index is -0.0577. The molecular weight excluding hydrogens is 320 g/mol. The van der Waals surface area contributed by atoms with Gasteiger partial charge in [-0.15, -0.1) is 0 Å². The third-order valence-corrected chi connectivity index (χ3v) is 5.77. The number of ether oxygens (including phenoxy) is 1. The number of nitrogens with zero attached hydrogens (tertiary/aromatic N) is 1. The van der Waals surface area contributed by atoms with Crippen molar-refractivity contribution < 1.29 is 9.53 Å². The Labute approximate surface area is 146 Å². The van der Waals surface area contributed by atoms with Crippen molar-refractivity contribution in [1.29, 1.82) is 0 Å². The molecule has 24 heavy (non-hydrogen) atoms. The molecule has 2 aromatic rings. The first-order valence-electron chi connectivity index (χ1n) is 8.53. The molecule has 2 fully saturated rings.